The van der Waals surface area contributed by atoms with Gasteiger partial charge in [-0.1, -0.05) is 103 Å². The molecular weight excluding hydrogens is 368 g/mol. The van der Waals surface area contributed by atoms with Crippen molar-refractivity contribution in [2.45, 2.75) is 5.60 Å². The van der Waals surface area contributed by atoms with Crippen LogP contribution in [0.2, 0.25) is 0 Å². The quantitative estimate of drug-likeness (QED) is 0.366. The second-order valence-electron chi connectivity index (χ2n) is 7.46. The molecule has 5 aromatic carbocycles. The van der Waals surface area contributed by atoms with E-state index >= 15 is 0 Å². The molecular formula is C28H22O2. The Morgan fingerprint density at radius 1 is 0.533 bits per heavy atom. The number of aliphatic hydroxyl groups is 1. The van der Waals surface area contributed by atoms with Gasteiger partial charge in [0.2, 0.25) is 0 Å². The van der Waals surface area contributed by atoms with Crippen LogP contribution in [0.4, 0.5) is 0 Å². The minimum atomic E-state index is -1.39. The highest BCUT2D eigenvalue weighted by molar-refractivity contribution is 5.92. The molecule has 0 bridgehead atoms. The van der Waals surface area contributed by atoms with Crippen molar-refractivity contribution in [2.24, 2.45) is 0 Å². The maximum absolute atomic E-state index is 12.7. The molecule has 0 saturated heterocycles. The molecule has 0 atom stereocenters. The number of hydrogen-bond acceptors (Lipinski definition) is 2. The third-order valence-corrected chi connectivity index (χ3v) is 5.86. The zero-order valence-corrected chi connectivity index (χ0v) is 16.7. The van der Waals surface area contributed by atoms with E-state index in [4.69, 9.17) is 4.74 Å². The predicted octanol–water partition coefficient (Wildman–Crippen LogP) is 6.29. The van der Waals surface area contributed by atoms with E-state index in [1.807, 2.05) is 72.8 Å². The Hall–Kier alpha value is -3.62. The van der Waals surface area contributed by atoms with Gasteiger partial charge in [0.15, 0.2) is 0 Å². The van der Waals surface area contributed by atoms with Crippen molar-refractivity contribution in [1.29, 1.82) is 0 Å². The van der Waals surface area contributed by atoms with Gasteiger partial charge in [-0.15, -0.1) is 0 Å². The van der Waals surface area contributed by atoms with Crippen LogP contribution in [-0.4, -0.2) is 12.2 Å². The first-order chi connectivity index (χ1) is 14.7. The van der Waals surface area contributed by atoms with Crippen LogP contribution >= 0.6 is 0 Å². The summed E-state index contributed by atoms with van der Waals surface area (Å²) in [6, 6.07) is 36.2. The molecule has 1 N–H and O–H groups in total. The average molecular weight is 390 g/mol. The van der Waals surface area contributed by atoms with Crippen LogP contribution in [0, 0.1) is 0 Å². The molecule has 0 unspecified atom stereocenters. The first-order valence-corrected chi connectivity index (χ1v) is 10.1. The summed E-state index contributed by atoms with van der Waals surface area (Å²) in [5.41, 5.74) is 0.997. The molecule has 0 radical (unpaired) electrons. The summed E-state index contributed by atoms with van der Waals surface area (Å²) in [6.45, 7) is 0. The van der Waals surface area contributed by atoms with Crippen molar-refractivity contribution in [2.75, 3.05) is 7.11 Å². The zero-order chi connectivity index (χ0) is 20.6. The summed E-state index contributed by atoms with van der Waals surface area (Å²) in [6.07, 6.45) is 0. The molecule has 5 rings (SSSR count). The van der Waals surface area contributed by atoms with Crippen LogP contribution in [0.1, 0.15) is 16.7 Å². The summed E-state index contributed by atoms with van der Waals surface area (Å²) < 4.78 is 5.70. The van der Waals surface area contributed by atoms with Gasteiger partial charge in [0.1, 0.15) is 11.4 Å². The molecule has 0 aliphatic heterocycles. The lowest BCUT2D eigenvalue weighted by molar-refractivity contribution is 0.125. The maximum atomic E-state index is 12.7. The third-order valence-electron chi connectivity index (χ3n) is 5.86. The van der Waals surface area contributed by atoms with Gasteiger partial charge in [0.25, 0.3) is 0 Å². The third kappa shape index (κ3) is 2.77. The molecule has 0 fully saturated rings. The van der Waals surface area contributed by atoms with Gasteiger partial charge in [-0.3, -0.25) is 0 Å². The molecule has 0 aromatic heterocycles. The lowest BCUT2D eigenvalue weighted by Gasteiger charge is -2.33. The minimum Gasteiger partial charge on any atom is -0.496 e. The van der Waals surface area contributed by atoms with Crippen molar-refractivity contribution in [1.82, 2.24) is 0 Å². The van der Waals surface area contributed by atoms with Gasteiger partial charge in [-0.05, 0) is 27.6 Å². The molecule has 0 amide bonds. The predicted molar refractivity (Wildman–Crippen MR) is 123 cm³/mol. The van der Waals surface area contributed by atoms with Gasteiger partial charge in [0.05, 0.1) is 7.11 Å². The van der Waals surface area contributed by atoms with Crippen LogP contribution in [0.5, 0.6) is 5.75 Å². The number of methoxy groups -OCH3 is 1. The number of rotatable bonds is 4. The van der Waals surface area contributed by atoms with Gasteiger partial charge in [0, 0.05) is 16.7 Å². The molecule has 0 heterocycles. The molecule has 0 aliphatic rings. The Balaban J connectivity index is 1.95. The molecule has 2 nitrogen and oxygen atoms in total. The van der Waals surface area contributed by atoms with Gasteiger partial charge < -0.3 is 9.84 Å². The first-order valence-electron chi connectivity index (χ1n) is 10.1. The van der Waals surface area contributed by atoms with Gasteiger partial charge in [-0.2, -0.15) is 0 Å². The highest BCUT2D eigenvalue weighted by Gasteiger charge is 2.38. The Morgan fingerprint density at radius 3 is 1.53 bits per heavy atom. The van der Waals surface area contributed by atoms with Crippen LogP contribution in [-0.2, 0) is 5.60 Å². The maximum Gasteiger partial charge on any atom is 0.145 e. The van der Waals surface area contributed by atoms with E-state index < -0.39 is 5.60 Å². The van der Waals surface area contributed by atoms with E-state index in [1.54, 1.807) is 7.11 Å². The van der Waals surface area contributed by atoms with Crippen LogP contribution in [0.15, 0.2) is 109 Å². The van der Waals surface area contributed by atoms with Crippen molar-refractivity contribution >= 4 is 21.5 Å². The van der Waals surface area contributed by atoms with Gasteiger partial charge in [-0.25, -0.2) is 0 Å². The summed E-state index contributed by atoms with van der Waals surface area (Å²) in [5.74, 6) is 0.654. The lowest BCUT2D eigenvalue weighted by Crippen LogP contribution is -2.30. The Labute approximate surface area is 176 Å². The Bertz CT molecular complexity index is 1260. The molecule has 5 aromatic rings. The molecule has 0 saturated carbocycles. The standard InChI is InChI=1S/C28H22O2/c1-30-27-19-7-6-16-26(27)28(29,24-17-8-12-20-10-2-4-14-22(20)24)25-18-9-13-21-11-3-5-15-23(21)25/h2-19,29H,1H3. The first kappa shape index (κ1) is 18.4. The highest BCUT2D eigenvalue weighted by atomic mass is 16.5. The number of fused-ring (bicyclic) bond motifs is 2. The van der Waals surface area contributed by atoms with E-state index in [-0.39, 0.29) is 0 Å². The van der Waals surface area contributed by atoms with Crippen LogP contribution in [0.25, 0.3) is 21.5 Å². The largest absolute Gasteiger partial charge is 0.496 e. The Morgan fingerprint density at radius 2 is 0.967 bits per heavy atom. The summed E-state index contributed by atoms with van der Waals surface area (Å²) in [5, 5.41) is 16.9. The minimum absolute atomic E-state index is 0.654. The monoisotopic (exact) mass is 390 g/mol. The average Bonchev–Trinajstić information content (AvgIpc) is 2.83. The fourth-order valence-electron chi connectivity index (χ4n) is 4.46. The van der Waals surface area contributed by atoms with E-state index in [9.17, 15) is 5.11 Å². The van der Waals surface area contributed by atoms with Crippen molar-refractivity contribution < 1.29 is 9.84 Å². The van der Waals surface area contributed by atoms with E-state index in [0.717, 1.165) is 38.2 Å². The molecule has 2 heteroatoms. The van der Waals surface area contributed by atoms with Crippen molar-refractivity contribution in [3.8, 4) is 5.75 Å². The second kappa shape index (κ2) is 7.33. The fourth-order valence-corrected chi connectivity index (χ4v) is 4.46. The summed E-state index contributed by atoms with van der Waals surface area (Å²) >= 11 is 0. The van der Waals surface area contributed by atoms with E-state index in [2.05, 4.69) is 36.4 Å². The summed E-state index contributed by atoms with van der Waals surface area (Å²) in [7, 11) is 1.64. The molecule has 0 aliphatic carbocycles. The topological polar surface area (TPSA) is 29.5 Å². The van der Waals surface area contributed by atoms with Crippen molar-refractivity contribution in [3.05, 3.63) is 126 Å². The van der Waals surface area contributed by atoms with E-state index in [0.29, 0.717) is 5.75 Å². The number of benzene rings is 5. The number of para-hydroxylation sites is 1. The molecule has 30 heavy (non-hydrogen) atoms. The highest BCUT2D eigenvalue weighted by Crippen LogP contribution is 2.45. The van der Waals surface area contributed by atoms with Crippen LogP contribution < -0.4 is 4.74 Å². The molecule has 146 valence electrons. The van der Waals surface area contributed by atoms with Gasteiger partial charge >= 0.3 is 0 Å². The number of ether oxygens (including phenoxy) is 1. The normalized spacial score (nSPS) is 11.7. The fraction of sp³-hybridized carbons (Fsp3) is 0.0714. The molecule has 0 spiro atoms. The lowest BCUT2D eigenvalue weighted by atomic mass is 9.76. The zero-order valence-electron chi connectivity index (χ0n) is 16.7. The SMILES string of the molecule is COc1ccccc1C(O)(c1cccc2ccccc12)c1cccc2ccccc12. The smallest absolute Gasteiger partial charge is 0.145 e. The number of hydrogen-bond donors (Lipinski definition) is 1. The second-order valence-corrected chi connectivity index (χ2v) is 7.46. The van der Waals surface area contributed by atoms with Crippen LogP contribution in [0.3, 0.4) is 0 Å². The Kier molecular flexibility index (Phi) is 4.50. The van der Waals surface area contributed by atoms with E-state index in [1.165, 1.54) is 0 Å². The van der Waals surface area contributed by atoms with Crippen molar-refractivity contribution in [3.63, 3.8) is 0 Å². The summed E-state index contributed by atoms with van der Waals surface area (Å²) in [4.78, 5) is 0.